The molecule has 3 rings (SSSR count). The van der Waals surface area contributed by atoms with E-state index >= 15 is 0 Å². The molecule has 1 fully saturated rings. The molecule has 1 aromatic heterocycles. The molecule has 1 atom stereocenters. The molecule has 136 valence electrons. The lowest BCUT2D eigenvalue weighted by molar-refractivity contribution is 0.00578. The fraction of sp³-hybridized carbons (Fsp3) is 0.450. The molecule has 4 nitrogen and oxygen atoms in total. The molecule has 1 aliphatic heterocycles. The molecule has 0 bridgehead atoms. The predicted molar refractivity (Wildman–Crippen MR) is 105 cm³/mol. The second kappa shape index (κ2) is 6.51. The number of aromatic nitrogens is 1. The van der Waals surface area contributed by atoms with E-state index in [0.717, 1.165) is 20.9 Å². The van der Waals surface area contributed by atoms with Crippen molar-refractivity contribution in [1.29, 1.82) is 0 Å². The van der Waals surface area contributed by atoms with E-state index < -0.39 is 12.7 Å². The van der Waals surface area contributed by atoms with Crippen LogP contribution in [0.25, 0.3) is 0 Å². The van der Waals surface area contributed by atoms with E-state index in [1.54, 1.807) is 13.1 Å². The van der Waals surface area contributed by atoms with Crippen molar-refractivity contribution in [1.82, 2.24) is 4.98 Å². The lowest BCUT2D eigenvalue weighted by Gasteiger charge is -2.32. The number of hydrogen-bond donors (Lipinski definition) is 1. The SMILES string of the molecule is Cc1ncc([C@@](C)(O)C#Cc2cccc(B3OC(C)(C)C(C)(C)O3)c2)s1. The molecule has 26 heavy (non-hydrogen) atoms. The van der Waals surface area contributed by atoms with E-state index in [0.29, 0.717) is 0 Å². The number of hydrogen-bond acceptors (Lipinski definition) is 5. The van der Waals surface area contributed by atoms with Gasteiger partial charge in [-0.3, -0.25) is 0 Å². The van der Waals surface area contributed by atoms with Gasteiger partial charge >= 0.3 is 7.12 Å². The number of aryl methyl sites for hydroxylation is 1. The third-order valence-corrected chi connectivity index (χ3v) is 6.09. The summed E-state index contributed by atoms with van der Waals surface area (Å²) in [7, 11) is -0.425. The van der Waals surface area contributed by atoms with Gasteiger partial charge in [-0.05, 0) is 59.1 Å². The summed E-state index contributed by atoms with van der Waals surface area (Å²) in [4.78, 5) is 4.93. The van der Waals surface area contributed by atoms with Gasteiger partial charge in [-0.25, -0.2) is 4.98 Å². The molecule has 1 aromatic carbocycles. The number of benzene rings is 1. The van der Waals surface area contributed by atoms with Gasteiger partial charge < -0.3 is 14.4 Å². The first-order valence-electron chi connectivity index (χ1n) is 8.64. The third kappa shape index (κ3) is 3.72. The predicted octanol–water partition coefficient (Wildman–Crippen LogP) is 3.01. The van der Waals surface area contributed by atoms with Crippen LogP contribution in [0.5, 0.6) is 0 Å². The lowest BCUT2D eigenvalue weighted by atomic mass is 9.78. The first-order chi connectivity index (χ1) is 12.0. The minimum atomic E-state index is -1.23. The van der Waals surface area contributed by atoms with E-state index in [4.69, 9.17) is 9.31 Å². The van der Waals surface area contributed by atoms with Gasteiger partial charge in [0.15, 0.2) is 5.60 Å². The maximum absolute atomic E-state index is 10.6. The van der Waals surface area contributed by atoms with Crippen molar-refractivity contribution < 1.29 is 14.4 Å². The summed E-state index contributed by atoms with van der Waals surface area (Å²) >= 11 is 1.45. The Labute approximate surface area is 159 Å². The Hall–Kier alpha value is -1.65. The summed E-state index contributed by atoms with van der Waals surface area (Å²) in [5, 5.41) is 11.5. The van der Waals surface area contributed by atoms with Crippen molar-refractivity contribution in [2.45, 2.75) is 58.3 Å². The Morgan fingerprint density at radius 3 is 2.42 bits per heavy atom. The summed E-state index contributed by atoms with van der Waals surface area (Å²) in [6.45, 7) is 11.7. The van der Waals surface area contributed by atoms with E-state index in [9.17, 15) is 5.11 Å². The summed E-state index contributed by atoms with van der Waals surface area (Å²) in [6.07, 6.45) is 1.68. The van der Waals surface area contributed by atoms with Crippen LogP contribution >= 0.6 is 11.3 Å². The number of nitrogens with zero attached hydrogens (tertiary/aromatic N) is 1. The Kier molecular flexibility index (Phi) is 4.79. The first kappa shape index (κ1) is 19.1. The maximum Gasteiger partial charge on any atom is 0.494 e. The first-order valence-corrected chi connectivity index (χ1v) is 9.46. The van der Waals surface area contributed by atoms with Crippen LogP contribution in [0.1, 0.15) is 50.1 Å². The average Bonchev–Trinajstić information content (AvgIpc) is 3.08. The van der Waals surface area contributed by atoms with Crippen molar-refractivity contribution in [3.05, 3.63) is 45.9 Å². The molecule has 0 aliphatic carbocycles. The van der Waals surface area contributed by atoms with Crippen molar-refractivity contribution >= 4 is 23.9 Å². The molecule has 6 heteroatoms. The number of thiazole rings is 1. The van der Waals surface area contributed by atoms with Crippen molar-refractivity contribution in [3.63, 3.8) is 0 Å². The molecule has 1 aliphatic rings. The van der Waals surface area contributed by atoms with Crippen LogP contribution in [0, 0.1) is 18.8 Å². The number of rotatable bonds is 2. The average molecular weight is 369 g/mol. The normalized spacial score (nSPS) is 20.3. The molecular formula is C20H24BNO3S. The van der Waals surface area contributed by atoms with Crippen LogP contribution in [0.2, 0.25) is 0 Å². The second-order valence-corrected chi connectivity index (χ2v) is 9.01. The van der Waals surface area contributed by atoms with Gasteiger partial charge in [-0.15, -0.1) is 11.3 Å². The molecule has 1 saturated heterocycles. The van der Waals surface area contributed by atoms with Gasteiger partial charge in [-0.1, -0.05) is 24.0 Å². The number of aliphatic hydroxyl groups is 1. The Bertz CT molecular complexity index is 860. The van der Waals surface area contributed by atoms with Gasteiger partial charge in [0.1, 0.15) is 0 Å². The molecule has 0 radical (unpaired) electrons. The van der Waals surface area contributed by atoms with Crippen LogP contribution in [0.4, 0.5) is 0 Å². The molecule has 0 spiro atoms. The topological polar surface area (TPSA) is 51.6 Å². The van der Waals surface area contributed by atoms with Gasteiger partial charge in [0.25, 0.3) is 0 Å². The quantitative estimate of drug-likeness (QED) is 0.653. The molecule has 0 amide bonds. The van der Waals surface area contributed by atoms with E-state index in [2.05, 4.69) is 16.8 Å². The van der Waals surface area contributed by atoms with Crippen LogP contribution in [-0.2, 0) is 14.9 Å². The fourth-order valence-corrected chi connectivity index (χ4v) is 3.36. The lowest BCUT2D eigenvalue weighted by Crippen LogP contribution is -2.41. The Morgan fingerprint density at radius 1 is 1.19 bits per heavy atom. The van der Waals surface area contributed by atoms with Gasteiger partial charge in [0.2, 0.25) is 0 Å². The Balaban J connectivity index is 1.84. The van der Waals surface area contributed by atoms with Crippen LogP contribution in [0.15, 0.2) is 30.5 Å². The second-order valence-electron chi connectivity index (χ2n) is 7.78. The standard InChI is InChI=1S/C20H24BNO3S/c1-14-22-13-17(26-14)20(6,23)11-10-15-8-7-9-16(12-15)21-24-18(2,3)19(4,5)25-21/h7-9,12-13,23H,1-6H3/t20-/m0/s1. The van der Waals surface area contributed by atoms with Gasteiger partial charge in [0, 0.05) is 11.8 Å². The van der Waals surface area contributed by atoms with Crippen molar-refractivity contribution in [3.8, 4) is 11.8 Å². The van der Waals surface area contributed by atoms with E-state index in [1.165, 1.54) is 11.3 Å². The minimum absolute atomic E-state index is 0.382. The minimum Gasteiger partial charge on any atom is -0.399 e. The van der Waals surface area contributed by atoms with Crippen molar-refractivity contribution in [2.24, 2.45) is 0 Å². The highest BCUT2D eigenvalue weighted by Gasteiger charge is 2.51. The summed E-state index contributed by atoms with van der Waals surface area (Å²) in [6, 6.07) is 7.76. The fourth-order valence-electron chi connectivity index (χ4n) is 2.58. The molecule has 0 saturated carbocycles. The van der Waals surface area contributed by atoms with E-state index in [1.807, 2.05) is 58.9 Å². The monoisotopic (exact) mass is 369 g/mol. The van der Waals surface area contributed by atoms with Crippen LogP contribution in [-0.4, -0.2) is 28.4 Å². The zero-order valence-electron chi connectivity index (χ0n) is 16.1. The maximum atomic E-state index is 10.6. The van der Waals surface area contributed by atoms with E-state index in [-0.39, 0.29) is 11.2 Å². The van der Waals surface area contributed by atoms with Crippen LogP contribution < -0.4 is 5.46 Å². The molecule has 0 unspecified atom stereocenters. The third-order valence-electron chi connectivity index (χ3n) is 4.96. The zero-order valence-corrected chi connectivity index (χ0v) is 16.9. The molecule has 1 N–H and O–H groups in total. The Morgan fingerprint density at radius 2 is 1.85 bits per heavy atom. The summed E-state index contributed by atoms with van der Waals surface area (Å²) < 4.78 is 12.2. The zero-order chi connectivity index (χ0) is 19.2. The molecule has 2 heterocycles. The van der Waals surface area contributed by atoms with Gasteiger partial charge in [0.05, 0.1) is 21.1 Å². The van der Waals surface area contributed by atoms with Crippen LogP contribution in [0.3, 0.4) is 0 Å². The summed E-state index contributed by atoms with van der Waals surface area (Å²) in [5.74, 6) is 6.02. The molecular weight excluding hydrogens is 345 g/mol. The summed E-state index contributed by atoms with van der Waals surface area (Å²) in [5.41, 5.74) is -0.269. The highest BCUT2D eigenvalue weighted by atomic mass is 32.1. The molecule has 2 aromatic rings. The highest BCUT2D eigenvalue weighted by molar-refractivity contribution is 7.11. The highest BCUT2D eigenvalue weighted by Crippen LogP contribution is 2.36. The smallest absolute Gasteiger partial charge is 0.399 e. The largest absolute Gasteiger partial charge is 0.494 e. The van der Waals surface area contributed by atoms with Gasteiger partial charge in [-0.2, -0.15) is 0 Å². The van der Waals surface area contributed by atoms with Crippen molar-refractivity contribution in [2.75, 3.05) is 0 Å².